The number of nitrogens with one attached hydrogen (secondary N) is 2. The van der Waals surface area contributed by atoms with Crippen LogP contribution in [0.5, 0.6) is 11.5 Å². The quantitative estimate of drug-likeness (QED) is 0.327. The molecule has 0 aliphatic rings. The Morgan fingerprint density at radius 2 is 1.89 bits per heavy atom. The van der Waals surface area contributed by atoms with Crippen LogP contribution >= 0.6 is 0 Å². The normalized spacial score (nSPS) is 11.0. The summed E-state index contributed by atoms with van der Waals surface area (Å²) in [5.74, 6) is 1.99. The van der Waals surface area contributed by atoms with Crippen molar-refractivity contribution < 1.29 is 14.3 Å². The highest BCUT2D eigenvalue weighted by atomic mass is 16.5. The molecule has 3 heterocycles. The van der Waals surface area contributed by atoms with Crippen LogP contribution in [0.4, 0.5) is 17.2 Å². The molecule has 0 unspecified atom stereocenters. The Morgan fingerprint density at radius 1 is 1.00 bits per heavy atom. The van der Waals surface area contributed by atoms with Gasteiger partial charge >= 0.3 is 0 Å². The number of ether oxygens (including phenoxy) is 2. The van der Waals surface area contributed by atoms with E-state index in [4.69, 9.17) is 9.47 Å². The largest absolute Gasteiger partial charge is 0.457 e. The SMILES string of the molecule is COCCC(=O)Nc1ccc2ncnc(Nc3ccc(Oc4ccn5ccnc5c4)c(C)c3)c2c1. The zero-order chi connectivity index (χ0) is 24.2. The zero-order valence-electron chi connectivity index (χ0n) is 19.4. The van der Waals surface area contributed by atoms with Crippen molar-refractivity contribution >= 4 is 39.6 Å². The van der Waals surface area contributed by atoms with Gasteiger partial charge in [0, 0.05) is 48.5 Å². The third-order valence-corrected chi connectivity index (χ3v) is 5.49. The number of rotatable bonds is 8. The van der Waals surface area contributed by atoms with Crippen LogP contribution in [-0.4, -0.2) is 39.0 Å². The van der Waals surface area contributed by atoms with Crippen molar-refractivity contribution in [3.8, 4) is 11.5 Å². The smallest absolute Gasteiger partial charge is 0.226 e. The number of methoxy groups -OCH3 is 1. The second-order valence-electron chi connectivity index (χ2n) is 8.01. The number of aryl methyl sites for hydroxylation is 1. The van der Waals surface area contributed by atoms with E-state index in [0.717, 1.165) is 39.3 Å². The fraction of sp³-hybridized carbons (Fsp3) is 0.154. The van der Waals surface area contributed by atoms with Crippen LogP contribution in [0.2, 0.25) is 0 Å². The summed E-state index contributed by atoms with van der Waals surface area (Å²) in [7, 11) is 1.57. The van der Waals surface area contributed by atoms with Gasteiger partial charge in [-0.3, -0.25) is 4.79 Å². The van der Waals surface area contributed by atoms with Gasteiger partial charge in [0.15, 0.2) is 0 Å². The lowest BCUT2D eigenvalue weighted by atomic mass is 10.1. The van der Waals surface area contributed by atoms with Gasteiger partial charge in [0.2, 0.25) is 5.91 Å². The van der Waals surface area contributed by atoms with Crippen molar-refractivity contribution in [2.75, 3.05) is 24.4 Å². The fourth-order valence-electron chi connectivity index (χ4n) is 3.71. The molecule has 0 aliphatic carbocycles. The summed E-state index contributed by atoms with van der Waals surface area (Å²) in [4.78, 5) is 25.1. The second-order valence-corrected chi connectivity index (χ2v) is 8.01. The van der Waals surface area contributed by atoms with E-state index in [1.807, 2.05) is 72.2 Å². The summed E-state index contributed by atoms with van der Waals surface area (Å²) < 4.78 is 13.0. The van der Waals surface area contributed by atoms with Crippen LogP contribution in [-0.2, 0) is 9.53 Å². The predicted octanol–water partition coefficient (Wildman–Crippen LogP) is 5.10. The summed E-state index contributed by atoms with van der Waals surface area (Å²) in [5.41, 5.74) is 4.08. The molecule has 5 rings (SSSR count). The molecule has 1 amide bonds. The third-order valence-electron chi connectivity index (χ3n) is 5.49. The number of anilines is 3. The second kappa shape index (κ2) is 9.78. The summed E-state index contributed by atoms with van der Waals surface area (Å²) in [6.07, 6.45) is 7.35. The number of pyridine rings is 1. The minimum absolute atomic E-state index is 0.115. The maximum absolute atomic E-state index is 12.1. The molecule has 0 aliphatic heterocycles. The third kappa shape index (κ3) is 5.04. The van der Waals surface area contributed by atoms with Crippen molar-refractivity contribution in [1.29, 1.82) is 0 Å². The summed E-state index contributed by atoms with van der Waals surface area (Å²) in [6, 6.07) is 15.2. The number of hydrogen-bond acceptors (Lipinski definition) is 7. The van der Waals surface area contributed by atoms with Gasteiger partial charge in [-0.2, -0.15) is 0 Å². The van der Waals surface area contributed by atoms with Crippen molar-refractivity contribution in [3.05, 3.63) is 79.0 Å². The van der Waals surface area contributed by atoms with Gasteiger partial charge in [-0.1, -0.05) is 0 Å². The Hall–Kier alpha value is -4.50. The molecule has 2 N–H and O–H groups in total. The molecule has 5 aromatic rings. The summed E-state index contributed by atoms with van der Waals surface area (Å²) in [5, 5.41) is 7.04. The number of nitrogens with zero attached hydrogens (tertiary/aromatic N) is 4. The molecule has 0 radical (unpaired) electrons. The minimum atomic E-state index is -0.115. The fourth-order valence-corrected chi connectivity index (χ4v) is 3.71. The number of fused-ring (bicyclic) bond motifs is 2. The first-order valence-electron chi connectivity index (χ1n) is 11.1. The Balaban J connectivity index is 1.35. The molecular weight excluding hydrogens is 444 g/mol. The molecule has 0 spiro atoms. The van der Waals surface area contributed by atoms with Crippen molar-refractivity contribution in [1.82, 2.24) is 19.4 Å². The van der Waals surface area contributed by atoms with E-state index in [1.165, 1.54) is 6.33 Å². The summed E-state index contributed by atoms with van der Waals surface area (Å²) >= 11 is 0. The molecule has 0 atom stereocenters. The average molecular weight is 469 g/mol. The zero-order valence-corrected chi connectivity index (χ0v) is 19.4. The van der Waals surface area contributed by atoms with Crippen LogP contribution < -0.4 is 15.4 Å². The topological polar surface area (TPSA) is 103 Å². The van der Waals surface area contributed by atoms with E-state index in [0.29, 0.717) is 18.1 Å². The highest BCUT2D eigenvalue weighted by Crippen LogP contribution is 2.30. The number of aromatic nitrogens is 4. The lowest BCUT2D eigenvalue weighted by molar-refractivity contribution is -0.117. The molecule has 0 saturated heterocycles. The minimum Gasteiger partial charge on any atom is -0.457 e. The van der Waals surface area contributed by atoms with Crippen molar-refractivity contribution in [3.63, 3.8) is 0 Å². The van der Waals surface area contributed by atoms with Gasteiger partial charge in [-0.05, 0) is 55.0 Å². The monoisotopic (exact) mass is 468 g/mol. The Kier molecular flexibility index (Phi) is 6.23. The van der Waals surface area contributed by atoms with E-state index in [1.54, 1.807) is 13.3 Å². The van der Waals surface area contributed by atoms with E-state index in [-0.39, 0.29) is 12.3 Å². The molecule has 9 nitrogen and oxygen atoms in total. The van der Waals surface area contributed by atoms with E-state index >= 15 is 0 Å². The molecular formula is C26H24N6O3. The van der Waals surface area contributed by atoms with Gasteiger partial charge in [0.25, 0.3) is 0 Å². The molecule has 176 valence electrons. The van der Waals surface area contributed by atoms with Gasteiger partial charge in [-0.15, -0.1) is 0 Å². The molecule has 35 heavy (non-hydrogen) atoms. The molecule has 9 heteroatoms. The molecule has 0 saturated carbocycles. The first-order chi connectivity index (χ1) is 17.1. The number of carbonyl (C=O) groups excluding carboxylic acids is 1. The van der Waals surface area contributed by atoms with Crippen LogP contribution in [0.15, 0.2) is 73.4 Å². The Bertz CT molecular complexity index is 1510. The van der Waals surface area contributed by atoms with Crippen LogP contribution in [0.25, 0.3) is 16.6 Å². The predicted molar refractivity (Wildman–Crippen MR) is 134 cm³/mol. The molecule has 3 aromatic heterocycles. The van der Waals surface area contributed by atoms with Gasteiger partial charge in [0.1, 0.15) is 29.3 Å². The van der Waals surface area contributed by atoms with E-state index < -0.39 is 0 Å². The summed E-state index contributed by atoms with van der Waals surface area (Å²) in [6.45, 7) is 2.35. The van der Waals surface area contributed by atoms with Crippen LogP contribution in [0.3, 0.4) is 0 Å². The lowest BCUT2D eigenvalue weighted by Crippen LogP contribution is -2.13. The Morgan fingerprint density at radius 3 is 2.74 bits per heavy atom. The highest BCUT2D eigenvalue weighted by molar-refractivity contribution is 5.97. The van der Waals surface area contributed by atoms with Gasteiger partial charge in [-0.25, -0.2) is 15.0 Å². The number of imidazole rings is 1. The van der Waals surface area contributed by atoms with Crippen molar-refractivity contribution in [2.24, 2.45) is 0 Å². The number of benzene rings is 2. The maximum atomic E-state index is 12.1. The Labute approximate surface area is 201 Å². The first kappa shape index (κ1) is 22.3. The van der Waals surface area contributed by atoms with Gasteiger partial charge in [0.05, 0.1) is 18.5 Å². The lowest BCUT2D eigenvalue weighted by Gasteiger charge is -2.13. The number of carbonyl (C=O) groups is 1. The molecule has 0 bridgehead atoms. The maximum Gasteiger partial charge on any atom is 0.226 e. The molecule has 0 fully saturated rings. The first-order valence-corrected chi connectivity index (χ1v) is 11.1. The van der Waals surface area contributed by atoms with Gasteiger partial charge < -0.3 is 24.5 Å². The number of amides is 1. The standard InChI is InChI=1S/C26H24N6O3/c1-17-13-18(4-6-23(17)35-20-7-10-32-11-9-27-24(32)15-20)31-26-21-14-19(30-25(33)8-12-34-2)3-5-22(21)28-16-29-26/h3-7,9-11,13-16H,8,12H2,1-2H3,(H,30,33)(H,28,29,31). The van der Waals surface area contributed by atoms with Crippen LogP contribution in [0, 0.1) is 6.92 Å². The van der Waals surface area contributed by atoms with Crippen molar-refractivity contribution in [2.45, 2.75) is 13.3 Å². The average Bonchev–Trinajstić information content (AvgIpc) is 3.33. The molecule has 2 aromatic carbocycles. The van der Waals surface area contributed by atoms with E-state index in [2.05, 4.69) is 25.6 Å². The number of hydrogen-bond donors (Lipinski definition) is 2. The van der Waals surface area contributed by atoms with Crippen LogP contribution in [0.1, 0.15) is 12.0 Å². The highest BCUT2D eigenvalue weighted by Gasteiger charge is 2.10. The van der Waals surface area contributed by atoms with E-state index in [9.17, 15) is 4.79 Å².